The maximum Gasteiger partial charge on any atom is 0.260 e. The van der Waals surface area contributed by atoms with Gasteiger partial charge in [0, 0.05) is 11.6 Å². The van der Waals surface area contributed by atoms with E-state index in [2.05, 4.69) is 5.32 Å². The Morgan fingerprint density at radius 3 is 2.84 bits per heavy atom. The van der Waals surface area contributed by atoms with Gasteiger partial charge in [0.05, 0.1) is 11.8 Å². The van der Waals surface area contributed by atoms with Gasteiger partial charge in [-0.15, -0.1) is 11.6 Å². The van der Waals surface area contributed by atoms with Crippen molar-refractivity contribution in [2.75, 3.05) is 11.2 Å². The SMILES string of the molecule is O=C(Nc1cccc(CCCCl)c1)c1ccoc1Cl. The van der Waals surface area contributed by atoms with E-state index in [9.17, 15) is 4.79 Å². The molecule has 0 saturated heterocycles. The Balaban J connectivity index is 2.07. The predicted octanol–water partition coefficient (Wildman–Crippen LogP) is 4.36. The van der Waals surface area contributed by atoms with Crippen LogP contribution in [-0.2, 0) is 6.42 Å². The molecule has 0 aliphatic carbocycles. The van der Waals surface area contributed by atoms with Crippen LogP contribution < -0.4 is 5.32 Å². The normalized spacial score (nSPS) is 10.4. The van der Waals surface area contributed by atoms with Crippen molar-refractivity contribution in [3.05, 3.63) is 52.9 Å². The number of carbonyl (C=O) groups excluding carboxylic acids is 1. The molecule has 0 unspecified atom stereocenters. The van der Waals surface area contributed by atoms with Crippen molar-refractivity contribution in [3.8, 4) is 0 Å². The van der Waals surface area contributed by atoms with E-state index in [1.807, 2.05) is 24.3 Å². The third kappa shape index (κ3) is 3.75. The van der Waals surface area contributed by atoms with Crippen LogP contribution in [0, 0.1) is 0 Å². The number of benzene rings is 1. The number of carbonyl (C=O) groups is 1. The summed E-state index contributed by atoms with van der Waals surface area (Å²) in [6.45, 7) is 0. The van der Waals surface area contributed by atoms with Crippen LogP contribution in [0.1, 0.15) is 22.3 Å². The molecule has 1 N–H and O–H groups in total. The second kappa shape index (κ2) is 6.64. The molecule has 0 aliphatic rings. The zero-order chi connectivity index (χ0) is 13.7. The molecule has 5 heteroatoms. The number of halogens is 2. The molecular weight excluding hydrogens is 285 g/mol. The molecule has 0 saturated carbocycles. The number of hydrogen-bond acceptors (Lipinski definition) is 2. The van der Waals surface area contributed by atoms with Crippen LogP contribution in [0.3, 0.4) is 0 Å². The molecule has 0 bridgehead atoms. The molecule has 3 nitrogen and oxygen atoms in total. The van der Waals surface area contributed by atoms with Crippen LogP contribution in [0.25, 0.3) is 0 Å². The topological polar surface area (TPSA) is 42.2 Å². The van der Waals surface area contributed by atoms with Crippen molar-refractivity contribution >= 4 is 34.8 Å². The molecule has 1 amide bonds. The minimum atomic E-state index is -0.284. The second-order valence-corrected chi connectivity index (χ2v) is 4.78. The lowest BCUT2D eigenvalue weighted by molar-refractivity contribution is 0.102. The Labute approximate surface area is 121 Å². The van der Waals surface area contributed by atoms with Gasteiger partial charge in [-0.3, -0.25) is 4.79 Å². The lowest BCUT2D eigenvalue weighted by atomic mass is 10.1. The molecule has 0 spiro atoms. The molecule has 19 heavy (non-hydrogen) atoms. The Morgan fingerprint density at radius 2 is 2.16 bits per heavy atom. The fourth-order valence-corrected chi connectivity index (χ4v) is 2.06. The Kier molecular flexibility index (Phi) is 4.88. The number of nitrogens with one attached hydrogen (secondary N) is 1. The molecular formula is C14H13Cl2NO2. The lowest BCUT2D eigenvalue weighted by Gasteiger charge is -2.06. The van der Waals surface area contributed by atoms with Gasteiger partial charge >= 0.3 is 0 Å². The van der Waals surface area contributed by atoms with Crippen molar-refractivity contribution in [2.45, 2.75) is 12.8 Å². The molecule has 0 radical (unpaired) electrons. The maximum absolute atomic E-state index is 11.9. The number of alkyl halides is 1. The molecule has 100 valence electrons. The molecule has 2 aromatic rings. The highest BCUT2D eigenvalue weighted by Gasteiger charge is 2.13. The third-order valence-electron chi connectivity index (χ3n) is 2.65. The van der Waals surface area contributed by atoms with Crippen LogP contribution in [-0.4, -0.2) is 11.8 Å². The quantitative estimate of drug-likeness (QED) is 0.833. The summed E-state index contributed by atoms with van der Waals surface area (Å²) in [7, 11) is 0. The van der Waals surface area contributed by atoms with Gasteiger partial charge < -0.3 is 9.73 Å². The Morgan fingerprint density at radius 1 is 1.32 bits per heavy atom. The first kappa shape index (κ1) is 14.0. The van der Waals surface area contributed by atoms with Crippen LogP contribution in [0.15, 0.2) is 41.0 Å². The van der Waals surface area contributed by atoms with Gasteiger partial charge in [-0.25, -0.2) is 0 Å². The van der Waals surface area contributed by atoms with E-state index in [4.69, 9.17) is 27.6 Å². The zero-order valence-electron chi connectivity index (χ0n) is 10.2. The molecule has 2 rings (SSSR count). The second-order valence-electron chi connectivity index (χ2n) is 4.06. The summed E-state index contributed by atoms with van der Waals surface area (Å²) in [4.78, 5) is 11.9. The highest BCUT2D eigenvalue weighted by Crippen LogP contribution is 2.19. The van der Waals surface area contributed by atoms with E-state index in [0.29, 0.717) is 11.4 Å². The summed E-state index contributed by atoms with van der Waals surface area (Å²) < 4.78 is 4.89. The Hall–Kier alpha value is -1.45. The number of hydrogen-bond donors (Lipinski definition) is 1. The largest absolute Gasteiger partial charge is 0.452 e. The van der Waals surface area contributed by atoms with E-state index in [1.165, 1.54) is 12.3 Å². The van der Waals surface area contributed by atoms with Gasteiger partial charge in [-0.05, 0) is 48.2 Å². The summed E-state index contributed by atoms with van der Waals surface area (Å²) in [5.74, 6) is 0.342. The van der Waals surface area contributed by atoms with Gasteiger partial charge in [-0.1, -0.05) is 12.1 Å². The standard InChI is InChI=1S/C14H13Cl2NO2/c15-7-2-4-10-3-1-5-11(9-10)17-14(18)12-6-8-19-13(12)16/h1,3,5-6,8-9H,2,4,7H2,(H,17,18). The number of furan rings is 1. The van der Waals surface area contributed by atoms with Crippen molar-refractivity contribution in [2.24, 2.45) is 0 Å². The van der Waals surface area contributed by atoms with E-state index in [0.717, 1.165) is 24.1 Å². The average Bonchev–Trinajstić information content (AvgIpc) is 2.83. The lowest BCUT2D eigenvalue weighted by Crippen LogP contribution is -2.11. The highest BCUT2D eigenvalue weighted by atomic mass is 35.5. The first-order chi connectivity index (χ1) is 9.20. The summed E-state index contributed by atoms with van der Waals surface area (Å²) in [5, 5.41) is 2.88. The first-order valence-electron chi connectivity index (χ1n) is 5.90. The minimum absolute atomic E-state index is 0.0933. The van der Waals surface area contributed by atoms with Gasteiger partial charge in [0.2, 0.25) is 5.22 Å². The number of rotatable bonds is 5. The van der Waals surface area contributed by atoms with E-state index < -0.39 is 0 Å². The molecule has 1 aromatic carbocycles. The van der Waals surface area contributed by atoms with Crippen LogP contribution in [0.2, 0.25) is 5.22 Å². The van der Waals surface area contributed by atoms with Crippen molar-refractivity contribution < 1.29 is 9.21 Å². The molecule has 0 atom stereocenters. The van der Waals surface area contributed by atoms with Gasteiger partial charge in [-0.2, -0.15) is 0 Å². The van der Waals surface area contributed by atoms with E-state index in [-0.39, 0.29) is 11.1 Å². The monoisotopic (exact) mass is 297 g/mol. The average molecular weight is 298 g/mol. The minimum Gasteiger partial charge on any atom is -0.452 e. The van der Waals surface area contributed by atoms with Crippen LogP contribution in [0.4, 0.5) is 5.69 Å². The van der Waals surface area contributed by atoms with Gasteiger partial charge in [0.1, 0.15) is 0 Å². The zero-order valence-corrected chi connectivity index (χ0v) is 11.7. The maximum atomic E-state index is 11.9. The predicted molar refractivity (Wildman–Crippen MR) is 77.2 cm³/mol. The van der Waals surface area contributed by atoms with Crippen molar-refractivity contribution in [3.63, 3.8) is 0 Å². The van der Waals surface area contributed by atoms with Gasteiger partial charge in [0.25, 0.3) is 5.91 Å². The molecule has 1 heterocycles. The molecule has 1 aromatic heterocycles. The smallest absolute Gasteiger partial charge is 0.260 e. The first-order valence-corrected chi connectivity index (χ1v) is 6.81. The van der Waals surface area contributed by atoms with Crippen molar-refractivity contribution in [1.82, 2.24) is 0 Å². The summed E-state index contributed by atoms with van der Waals surface area (Å²) in [5.41, 5.74) is 2.19. The van der Waals surface area contributed by atoms with E-state index in [1.54, 1.807) is 0 Å². The Bertz CT molecular complexity index is 566. The summed E-state index contributed by atoms with van der Waals surface area (Å²) >= 11 is 11.4. The molecule has 0 fully saturated rings. The molecule has 0 aliphatic heterocycles. The fourth-order valence-electron chi connectivity index (χ4n) is 1.73. The summed E-state index contributed by atoms with van der Waals surface area (Å²) in [6, 6.07) is 9.20. The number of aryl methyl sites for hydroxylation is 1. The van der Waals surface area contributed by atoms with Crippen LogP contribution >= 0.6 is 23.2 Å². The number of anilines is 1. The number of amides is 1. The summed E-state index contributed by atoms with van der Waals surface area (Å²) in [6.07, 6.45) is 3.18. The highest BCUT2D eigenvalue weighted by molar-refractivity contribution is 6.32. The van der Waals surface area contributed by atoms with Gasteiger partial charge in [0.15, 0.2) is 0 Å². The third-order valence-corrected chi connectivity index (χ3v) is 3.21. The van der Waals surface area contributed by atoms with Crippen molar-refractivity contribution in [1.29, 1.82) is 0 Å². The fraction of sp³-hybridized carbons (Fsp3) is 0.214. The van der Waals surface area contributed by atoms with E-state index >= 15 is 0 Å². The van der Waals surface area contributed by atoms with Crippen LogP contribution in [0.5, 0.6) is 0 Å².